The van der Waals surface area contributed by atoms with E-state index in [2.05, 4.69) is 10.6 Å². The molecule has 3 rings (SSSR count). The number of carbonyl (C=O) groups is 2. The molecule has 0 aromatic heterocycles. The molecule has 0 aliphatic heterocycles. The number of ether oxygens (including phenoxy) is 1. The lowest BCUT2D eigenvalue weighted by atomic mass is 10.1. The highest BCUT2D eigenvalue weighted by molar-refractivity contribution is 6.36. The van der Waals surface area contributed by atoms with Crippen molar-refractivity contribution in [3.63, 3.8) is 0 Å². The molecule has 174 valence electrons. The molecule has 0 saturated carbocycles. The molecule has 0 saturated heterocycles. The Hall–Kier alpha value is -3.59. The lowest BCUT2D eigenvalue weighted by Crippen LogP contribution is -2.31. The molecule has 0 radical (unpaired) electrons. The van der Waals surface area contributed by atoms with E-state index in [4.69, 9.17) is 39.5 Å². The van der Waals surface area contributed by atoms with Gasteiger partial charge in [-0.1, -0.05) is 46.9 Å². The molecule has 8 nitrogen and oxygen atoms in total. The Morgan fingerprint density at radius 3 is 2.41 bits per heavy atom. The first kappa shape index (κ1) is 25.0. The predicted octanol–water partition coefficient (Wildman–Crippen LogP) is 5.97. The standard InChI is InChI=1S/C23H16Cl3N3O5/c1-34-21-8-6-14(24)11-17(21)22(30)28-20(10-13-3-2-4-16(9-13)29(32)33)23(31)27-19-12-15(25)5-7-18(19)26/h2-12H,1H3,(H,27,31)(H,28,30). The zero-order chi connectivity index (χ0) is 24.8. The fraction of sp³-hybridized carbons (Fsp3) is 0.0435. The van der Waals surface area contributed by atoms with Crippen LogP contribution in [-0.2, 0) is 4.79 Å². The first-order chi connectivity index (χ1) is 16.2. The molecule has 0 aliphatic carbocycles. The van der Waals surface area contributed by atoms with Crippen LogP contribution in [0.25, 0.3) is 6.08 Å². The Bertz CT molecular complexity index is 1310. The van der Waals surface area contributed by atoms with Crippen LogP contribution in [0.5, 0.6) is 5.75 Å². The summed E-state index contributed by atoms with van der Waals surface area (Å²) in [5, 5.41) is 17.0. The van der Waals surface area contributed by atoms with E-state index >= 15 is 0 Å². The molecular formula is C23H16Cl3N3O5. The van der Waals surface area contributed by atoms with Gasteiger partial charge in [-0.25, -0.2) is 0 Å². The molecule has 0 spiro atoms. The number of hydrogen-bond donors (Lipinski definition) is 2. The topological polar surface area (TPSA) is 111 Å². The molecule has 3 aromatic rings. The van der Waals surface area contributed by atoms with Gasteiger partial charge in [0.25, 0.3) is 17.5 Å². The third kappa shape index (κ3) is 6.26. The molecule has 2 amide bonds. The summed E-state index contributed by atoms with van der Waals surface area (Å²) < 4.78 is 5.20. The Morgan fingerprint density at radius 1 is 1.00 bits per heavy atom. The number of nitrogens with one attached hydrogen (secondary N) is 2. The number of hydrogen-bond acceptors (Lipinski definition) is 5. The second-order valence-corrected chi connectivity index (χ2v) is 8.07. The highest BCUT2D eigenvalue weighted by atomic mass is 35.5. The summed E-state index contributed by atoms with van der Waals surface area (Å²) in [7, 11) is 1.38. The molecule has 0 unspecified atom stereocenters. The SMILES string of the molecule is COc1ccc(Cl)cc1C(=O)NC(=Cc1cccc([N+](=O)[O-])c1)C(=O)Nc1cc(Cl)ccc1Cl. The molecule has 0 atom stereocenters. The van der Waals surface area contributed by atoms with E-state index in [0.717, 1.165) is 0 Å². The van der Waals surface area contributed by atoms with Gasteiger partial charge in [-0.3, -0.25) is 19.7 Å². The number of non-ortho nitro benzene ring substituents is 1. The number of amides is 2. The summed E-state index contributed by atoms with van der Waals surface area (Å²) in [6.07, 6.45) is 1.29. The summed E-state index contributed by atoms with van der Waals surface area (Å²) in [6.45, 7) is 0. The van der Waals surface area contributed by atoms with Crippen LogP contribution in [0.4, 0.5) is 11.4 Å². The van der Waals surface area contributed by atoms with E-state index in [0.29, 0.717) is 10.6 Å². The number of rotatable bonds is 7. The van der Waals surface area contributed by atoms with Gasteiger partial charge in [0, 0.05) is 22.2 Å². The van der Waals surface area contributed by atoms with Crippen molar-refractivity contribution in [2.45, 2.75) is 0 Å². The van der Waals surface area contributed by atoms with Crippen molar-refractivity contribution in [3.8, 4) is 5.75 Å². The van der Waals surface area contributed by atoms with Crippen LogP contribution >= 0.6 is 34.8 Å². The third-order valence-electron chi connectivity index (χ3n) is 4.47. The predicted molar refractivity (Wildman–Crippen MR) is 132 cm³/mol. The minimum absolute atomic E-state index is 0.0773. The van der Waals surface area contributed by atoms with Crippen LogP contribution in [0.1, 0.15) is 15.9 Å². The largest absolute Gasteiger partial charge is 0.496 e. The minimum Gasteiger partial charge on any atom is -0.496 e. The first-order valence-corrected chi connectivity index (χ1v) is 10.7. The zero-order valence-corrected chi connectivity index (χ0v) is 19.7. The molecular weight excluding hydrogens is 505 g/mol. The Labute approximate surface area is 209 Å². The van der Waals surface area contributed by atoms with Crippen molar-refractivity contribution in [1.82, 2.24) is 5.32 Å². The Balaban J connectivity index is 2.01. The van der Waals surface area contributed by atoms with Crippen LogP contribution in [0.2, 0.25) is 15.1 Å². The second-order valence-electron chi connectivity index (χ2n) is 6.79. The van der Waals surface area contributed by atoms with Gasteiger partial charge < -0.3 is 15.4 Å². The Morgan fingerprint density at radius 2 is 1.71 bits per heavy atom. The Kier molecular flexibility index (Phi) is 8.12. The normalized spacial score (nSPS) is 11.0. The third-order valence-corrected chi connectivity index (χ3v) is 5.27. The van der Waals surface area contributed by atoms with Crippen LogP contribution < -0.4 is 15.4 Å². The minimum atomic E-state index is -0.745. The van der Waals surface area contributed by atoms with Gasteiger partial charge in [0.05, 0.1) is 28.3 Å². The monoisotopic (exact) mass is 519 g/mol. The van der Waals surface area contributed by atoms with Crippen molar-refractivity contribution >= 4 is 64.1 Å². The molecule has 0 aliphatic rings. The van der Waals surface area contributed by atoms with Crippen LogP contribution in [0, 0.1) is 10.1 Å². The average molecular weight is 521 g/mol. The smallest absolute Gasteiger partial charge is 0.272 e. The van der Waals surface area contributed by atoms with E-state index in [9.17, 15) is 19.7 Å². The number of halogens is 3. The fourth-order valence-corrected chi connectivity index (χ4v) is 3.39. The quantitative estimate of drug-likeness (QED) is 0.226. The summed E-state index contributed by atoms with van der Waals surface area (Å²) in [6, 6.07) is 14.5. The highest BCUT2D eigenvalue weighted by Crippen LogP contribution is 2.27. The van der Waals surface area contributed by atoms with E-state index in [-0.39, 0.29) is 38.4 Å². The van der Waals surface area contributed by atoms with Crippen molar-refractivity contribution in [2.75, 3.05) is 12.4 Å². The molecule has 34 heavy (non-hydrogen) atoms. The number of methoxy groups -OCH3 is 1. The van der Waals surface area contributed by atoms with Gasteiger partial charge in [0.15, 0.2) is 0 Å². The lowest BCUT2D eigenvalue weighted by molar-refractivity contribution is -0.384. The maximum absolute atomic E-state index is 13.1. The summed E-state index contributed by atoms with van der Waals surface area (Å²) in [5.41, 5.74) is 0.180. The van der Waals surface area contributed by atoms with E-state index < -0.39 is 16.7 Å². The van der Waals surface area contributed by atoms with Gasteiger partial charge in [-0.2, -0.15) is 0 Å². The van der Waals surface area contributed by atoms with Crippen molar-refractivity contribution in [1.29, 1.82) is 0 Å². The van der Waals surface area contributed by atoms with Gasteiger partial charge in [0.2, 0.25) is 0 Å². The number of nitrogens with zero attached hydrogens (tertiary/aromatic N) is 1. The van der Waals surface area contributed by atoms with E-state index in [1.54, 1.807) is 18.2 Å². The average Bonchev–Trinajstić information content (AvgIpc) is 2.81. The number of nitro groups is 1. The van der Waals surface area contributed by atoms with Crippen LogP contribution in [0.15, 0.2) is 66.4 Å². The summed E-state index contributed by atoms with van der Waals surface area (Å²) in [5.74, 6) is -1.21. The van der Waals surface area contributed by atoms with Crippen LogP contribution in [0.3, 0.4) is 0 Å². The van der Waals surface area contributed by atoms with Crippen LogP contribution in [-0.4, -0.2) is 23.8 Å². The van der Waals surface area contributed by atoms with Crippen molar-refractivity contribution < 1.29 is 19.2 Å². The molecule has 11 heteroatoms. The maximum atomic E-state index is 13.1. The highest BCUT2D eigenvalue weighted by Gasteiger charge is 2.19. The van der Waals surface area contributed by atoms with Gasteiger partial charge >= 0.3 is 0 Å². The number of nitro benzene ring substituents is 1. The zero-order valence-electron chi connectivity index (χ0n) is 17.5. The van der Waals surface area contributed by atoms with E-state index in [1.807, 2.05) is 0 Å². The first-order valence-electron chi connectivity index (χ1n) is 9.55. The van der Waals surface area contributed by atoms with Crippen molar-refractivity contribution in [3.05, 3.63) is 103 Å². The van der Waals surface area contributed by atoms with Gasteiger partial charge in [-0.15, -0.1) is 0 Å². The number of anilines is 1. The molecule has 0 fully saturated rings. The van der Waals surface area contributed by atoms with Gasteiger partial charge in [0.1, 0.15) is 11.4 Å². The van der Waals surface area contributed by atoms with Gasteiger partial charge in [-0.05, 0) is 48.0 Å². The molecule has 0 heterocycles. The summed E-state index contributed by atoms with van der Waals surface area (Å²) in [4.78, 5) is 36.7. The maximum Gasteiger partial charge on any atom is 0.272 e. The number of carbonyl (C=O) groups excluding carboxylic acids is 2. The number of benzene rings is 3. The van der Waals surface area contributed by atoms with Crippen molar-refractivity contribution in [2.24, 2.45) is 0 Å². The molecule has 3 aromatic carbocycles. The second kappa shape index (κ2) is 11.0. The lowest BCUT2D eigenvalue weighted by Gasteiger charge is -2.14. The molecule has 2 N–H and O–H groups in total. The summed E-state index contributed by atoms with van der Waals surface area (Å²) >= 11 is 18.1. The fourth-order valence-electron chi connectivity index (χ4n) is 2.88. The molecule has 0 bridgehead atoms. The van der Waals surface area contributed by atoms with E-state index in [1.165, 1.54) is 55.7 Å².